The van der Waals surface area contributed by atoms with E-state index in [1.54, 1.807) is 17.8 Å². The number of H-pyrrole nitrogens is 1. The van der Waals surface area contributed by atoms with Gasteiger partial charge in [0.2, 0.25) is 0 Å². The molecule has 102 valence electrons. The molecule has 0 radical (unpaired) electrons. The van der Waals surface area contributed by atoms with Crippen LogP contribution >= 0.6 is 11.8 Å². The zero-order valence-corrected chi connectivity index (χ0v) is 11.7. The SMILES string of the molecule is CSc1ccc(C(N)c2ccc3[nH]c(=O)oc3c2)cc1. The van der Waals surface area contributed by atoms with Gasteiger partial charge in [0.1, 0.15) is 0 Å². The number of aromatic nitrogens is 1. The summed E-state index contributed by atoms with van der Waals surface area (Å²) in [7, 11) is 0. The largest absolute Gasteiger partial charge is 0.417 e. The van der Waals surface area contributed by atoms with Gasteiger partial charge in [0.25, 0.3) is 0 Å². The lowest BCUT2D eigenvalue weighted by Crippen LogP contribution is -2.11. The Kier molecular flexibility index (Phi) is 3.38. The Morgan fingerprint density at radius 2 is 1.85 bits per heavy atom. The van der Waals surface area contributed by atoms with Gasteiger partial charge in [-0.05, 0) is 41.6 Å². The molecule has 5 heteroatoms. The standard InChI is InChI=1S/C15H14N2O2S/c1-20-11-5-2-9(3-6-11)14(16)10-4-7-12-13(8-10)19-15(18)17-12/h2-8,14H,16H2,1H3,(H,17,18). The third kappa shape index (κ3) is 2.37. The van der Waals surface area contributed by atoms with Gasteiger partial charge in [0.15, 0.2) is 5.58 Å². The van der Waals surface area contributed by atoms with Crippen molar-refractivity contribution in [3.63, 3.8) is 0 Å². The average Bonchev–Trinajstić information content (AvgIpc) is 2.85. The van der Waals surface area contributed by atoms with Gasteiger partial charge in [-0.2, -0.15) is 0 Å². The summed E-state index contributed by atoms with van der Waals surface area (Å²) >= 11 is 1.69. The van der Waals surface area contributed by atoms with E-state index >= 15 is 0 Å². The minimum absolute atomic E-state index is 0.240. The zero-order valence-electron chi connectivity index (χ0n) is 10.9. The van der Waals surface area contributed by atoms with Crippen LogP contribution in [0.3, 0.4) is 0 Å². The van der Waals surface area contributed by atoms with Crippen molar-refractivity contribution in [2.45, 2.75) is 10.9 Å². The molecular formula is C15H14N2O2S. The summed E-state index contributed by atoms with van der Waals surface area (Å²) in [6.45, 7) is 0. The first-order chi connectivity index (χ1) is 9.67. The van der Waals surface area contributed by atoms with Crippen LogP contribution in [0.25, 0.3) is 11.1 Å². The zero-order chi connectivity index (χ0) is 14.1. The van der Waals surface area contributed by atoms with E-state index in [1.807, 2.05) is 30.5 Å². The van der Waals surface area contributed by atoms with Crippen molar-refractivity contribution in [2.24, 2.45) is 5.73 Å². The van der Waals surface area contributed by atoms with Gasteiger partial charge in [-0.3, -0.25) is 4.98 Å². The molecular weight excluding hydrogens is 272 g/mol. The van der Waals surface area contributed by atoms with Crippen LogP contribution in [0, 0.1) is 0 Å². The number of nitrogens with two attached hydrogens (primary N) is 1. The van der Waals surface area contributed by atoms with Gasteiger partial charge >= 0.3 is 5.76 Å². The normalized spacial score (nSPS) is 12.7. The average molecular weight is 286 g/mol. The van der Waals surface area contributed by atoms with Gasteiger partial charge in [-0.15, -0.1) is 11.8 Å². The number of hydrogen-bond acceptors (Lipinski definition) is 4. The van der Waals surface area contributed by atoms with Crippen LogP contribution in [0.2, 0.25) is 0 Å². The Balaban J connectivity index is 1.97. The first-order valence-electron chi connectivity index (χ1n) is 6.19. The first-order valence-corrected chi connectivity index (χ1v) is 7.42. The van der Waals surface area contributed by atoms with Gasteiger partial charge in [-0.25, -0.2) is 4.79 Å². The fourth-order valence-corrected chi connectivity index (χ4v) is 2.57. The molecule has 0 spiro atoms. The van der Waals surface area contributed by atoms with Crippen molar-refractivity contribution in [2.75, 3.05) is 6.26 Å². The minimum Gasteiger partial charge on any atom is -0.408 e. The number of thioether (sulfide) groups is 1. The highest BCUT2D eigenvalue weighted by Gasteiger charge is 2.11. The molecule has 3 N–H and O–H groups in total. The van der Waals surface area contributed by atoms with Crippen molar-refractivity contribution in [3.8, 4) is 0 Å². The number of fused-ring (bicyclic) bond motifs is 1. The minimum atomic E-state index is -0.449. The summed E-state index contributed by atoms with van der Waals surface area (Å²) in [6.07, 6.45) is 2.04. The summed E-state index contributed by atoms with van der Waals surface area (Å²) < 4.78 is 5.06. The molecule has 3 rings (SSSR count). The Morgan fingerprint density at radius 3 is 2.55 bits per heavy atom. The molecule has 20 heavy (non-hydrogen) atoms. The number of rotatable bonds is 3. The fourth-order valence-electron chi connectivity index (χ4n) is 2.16. The second-order valence-corrected chi connectivity index (χ2v) is 5.40. The van der Waals surface area contributed by atoms with Crippen molar-refractivity contribution in [3.05, 3.63) is 64.1 Å². The lowest BCUT2D eigenvalue weighted by molar-refractivity contribution is 0.555. The molecule has 1 unspecified atom stereocenters. The van der Waals surface area contributed by atoms with Gasteiger partial charge < -0.3 is 10.2 Å². The molecule has 0 amide bonds. The van der Waals surface area contributed by atoms with E-state index in [1.165, 1.54) is 4.90 Å². The van der Waals surface area contributed by atoms with Crippen LogP contribution < -0.4 is 11.5 Å². The van der Waals surface area contributed by atoms with E-state index in [-0.39, 0.29) is 6.04 Å². The van der Waals surface area contributed by atoms with Crippen LogP contribution in [0.4, 0.5) is 0 Å². The molecule has 0 saturated heterocycles. The molecule has 1 aromatic heterocycles. The van der Waals surface area contributed by atoms with E-state index in [0.717, 1.165) is 11.1 Å². The molecule has 3 aromatic rings. The second-order valence-electron chi connectivity index (χ2n) is 4.52. The van der Waals surface area contributed by atoms with Crippen LogP contribution in [0.5, 0.6) is 0 Å². The summed E-state index contributed by atoms with van der Waals surface area (Å²) in [5.74, 6) is -0.449. The third-order valence-electron chi connectivity index (χ3n) is 3.28. The molecule has 0 bridgehead atoms. The smallest absolute Gasteiger partial charge is 0.408 e. The topological polar surface area (TPSA) is 72.0 Å². The number of benzene rings is 2. The predicted molar refractivity (Wildman–Crippen MR) is 81.1 cm³/mol. The molecule has 0 aliphatic heterocycles. The second kappa shape index (κ2) is 5.19. The summed E-state index contributed by atoms with van der Waals surface area (Å²) in [4.78, 5) is 15.0. The Hall–Kier alpha value is -1.98. The Bertz CT molecular complexity index is 789. The number of hydrogen-bond donors (Lipinski definition) is 2. The van der Waals surface area contributed by atoms with E-state index in [9.17, 15) is 4.79 Å². The maximum absolute atomic E-state index is 11.2. The Morgan fingerprint density at radius 1 is 1.15 bits per heavy atom. The first kappa shape index (κ1) is 13.0. The van der Waals surface area contributed by atoms with Gasteiger partial charge in [0, 0.05) is 4.90 Å². The Labute approximate surface area is 120 Å². The summed E-state index contributed by atoms with van der Waals surface area (Å²) in [6, 6.07) is 13.4. The van der Waals surface area contributed by atoms with Crippen LogP contribution in [0.1, 0.15) is 17.2 Å². The van der Waals surface area contributed by atoms with Crippen molar-refractivity contribution < 1.29 is 4.42 Å². The molecule has 0 aliphatic carbocycles. The van der Waals surface area contributed by atoms with E-state index in [0.29, 0.717) is 11.1 Å². The highest BCUT2D eigenvalue weighted by atomic mass is 32.2. The number of aromatic amines is 1. The molecule has 4 nitrogen and oxygen atoms in total. The fraction of sp³-hybridized carbons (Fsp3) is 0.133. The van der Waals surface area contributed by atoms with E-state index in [4.69, 9.17) is 10.2 Å². The van der Waals surface area contributed by atoms with Crippen molar-refractivity contribution in [1.82, 2.24) is 4.98 Å². The monoisotopic (exact) mass is 286 g/mol. The molecule has 1 atom stereocenters. The van der Waals surface area contributed by atoms with Gasteiger partial charge in [-0.1, -0.05) is 18.2 Å². The summed E-state index contributed by atoms with van der Waals surface area (Å²) in [5, 5.41) is 0. The molecule has 2 aromatic carbocycles. The highest BCUT2D eigenvalue weighted by molar-refractivity contribution is 7.98. The third-order valence-corrected chi connectivity index (χ3v) is 4.02. The quantitative estimate of drug-likeness (QED) is 0.726. The van der Waals surface area contributed by atoms with E-state index < -0.39 is 5.76 Å². The van der Waals surface area contributed by atoms with Crippen LogP contribution in [0.15, 0.2) is 56.6 Å². The molecule has 0 fully saturated rings. The van der Waals surface area contributed by atoms with Crippen LogP contribution in [-0.2, 0) is 0 Å². The predicted octanol–water partition coefficient (Wildman–Crippen LogP) is 2.89. The maximum atomic E-state index is 11.2. The molecule has 0 aliphatic rings. The van der Waals surface area contributed by atoms with Crippen LogP contribution in [-0.4, -0.2) is 11.2 Å². The number of oxazole rings is 1. The lowest BCUT2D eigenvalue weighted by atomic mass is 9.99. The highest BCUT2D eigenvalue weighted by Crippen LogP contribution is 2.24. The summed E-state index contributed by atoms with van der Waals surface area (Å²) in [5.41, 5.74) is 9.43. The lowest BCUT2D eigenvalue weighted by Gasteiger charge is -2.12. The molecule has 1 heterocycles. The number of nitrogens with one attached hydrogen (secondary N) is 1. The van der Waals surface area contributed by atoms with Crippen molar-refractivity contribution in [1.29, 1.82) is 0 Å². The van der Waals surface area contributed by atoms with Crippen molar-refractivity contribution >= 4 is 22.9 Å². The van der Waals surface area contributed by atoms with E-state index in [2.05, 4.69) is 17.1 Å². The maximum Gasteiger partial charge on any atom is 0.417 e. The van der Waals surface area contributed by atoms with Gasteiger partial charge in [0.05, 0.1) is 11.6 Å². The molecule has 0 saturated carbocycles.